The van der Waals surface area contributed by atoms with Crippen molar-refractivity contribution >= 4 is 17.6 Å². The van der Waals surface area contributed by atoms with E-state index in [1.54, 1.807) is 12.5 Å². The third kappa shape index (κ3) is 4.07. The van der Waals surface area contributed by atoms with Gasteiger partial charge in [-0.1, -0.05) is 12.5 Å². The molecule has 0 aliphatic carbocycles. The van der Waals surface area contributed by atoms with Gasteiger partial charge in [-0.05, 0) is 37.0 Å². The predicted molar refractivity (Wildman–Crippen MR) is 93.1 cm³/mol. The molecule has 0 unspecified atom stereocenters. The Morgan fingerprint density at radius 3 is 2.84 bits per heavy atom. The summed E-state index contributed by atoms with van der Waals surface area (Å²) >= 11 is 0. The molecule has 6 heteroatoms. The van der Waals surface area contributed by atoms with E-state index in [0.29, 0.717) is 25.3 Å². The molecule has 0 atom stereocenters. The van der Waals surface area contributed by atoms with Crippen LogP contribution in [0.4, 0.5) is 5.69 Å². The fraction of sp³-hybridized carbons (Fsp3) is 0.421. The number of aromatic nitrogens is 1. The highest BCUT2D eigenvalue weighted by Gasteiger charge is 2.25. The zero-order chi connectivity index (χ0) is 17.6. The zero-order valence-electron chi connectivity index (χ0n) is 14.4. The Kier molecular flexibility index (Phi) is 5.48. The van der Waals surface area contributed by atoms with Crippen molar-refractivity contribution in [3.8, 4) is 11.5 Å². The van der Waals surface area contributed by atoms with Crippen molar-refractivity contribution in [3.05, 3.63) is 36.2 Å². The molecule has 0 saturated carbocycles. The predicted octanol–water partition coefficient (Wildman–Crippen LogP) is 3.35. The fourth-order valence-electron chi connectivity index (χ4n) is 3.10. The monoisotopic (exact) mass is 342 g/mol. The maximum atomic E-state index is 12.6. The van der Waals surface area contributed by atoms with Crippen LogP contribution in [-0.4, -0.2) is 30.5 Å². The van der Waals surface area contributed by atoms with E-state index in [1.165, 1.54) is 12.7 Å². The first kappa shape index (κ1) is 17.2. The first-order valence-corrected chi connectivity index (χ1v) is 8.59. The summed E-state index contributed by atoms with van der Waals surface area (Å²) in [6, 6.07) is 5.99. The van der Waals surface area contributed by atoms with E-state index in [-0.39, 0.29) is 11.9 Å². The molecule has 3 rings (SSSR count). The maximum absolute atomic E-state index is 12.6. The first-order chi connectivity index (χ1) is 12.2. The summed E-state index contributed by atoms with van der Waals surface area (Å²) in [5.41, 5.74) is 3.01. The number of oxazole rings is 1. The topological polar surface area (TPSA) is 72.6 Å². The summed E-state index contributed by atoms with van der Waals surface area (Å²) in [7, 11) is 1.39. The van der Waals surface area contributed by atoms with Gasteiger partial charge in [0.1, 0.15) is 6.26 Å². The third-order valence-electron chi connectivity index (χ3n) is 4.46. The number of unbranched alkanes of at least 4 members (excludes halogenated alkanes) is 2. The van der Waals surface area contributed by atoms with E-state index in [2.05, 4.69) is 9.72 Å². The zero-order valence-corrected chi connectivity index (χ0v) is 14.4. The van der Waals surface area contributed by atoms with Gasteiger partial charge >= 0.3 is 5.97 Å². The van der Waals surface area contributed by atoms with Crippen LogP contribution in [0.2, 0.25) is 0 Å². The van der Waals surface area contributed by atoms with Crippen LogP contribution in [0.5, 0.6) is 0 Å². The Morgan fingerprint density at radius 1 is 1.24 bits per heavy atom. The number of anilines is 1. The molecule has 2 heterocycles. The molecule has 0 bridgehead atoms. The van der Waals surface area contributed by atoms with Gasteiger partial charge in [0.05, 0.1) is 13.3 Å². The summed E-state index contributed by atoms with van der Waals surface area (Å²) in [4.78, 5) is 29.6. The maximum Gasteiger partial charge on any atom is 0.305 e. The fourth-order valence-corrected chi connectivity index (χ4v) is 3.10. The number of carbonyl (C=O) groups excluding carboxylic acids is 2. The lowest BCUT2D eigenvalue weighted by atomic mass is 10.1. The average molecular weight is 342 g/mol. The van der Waals surface area contributed by atoms with Gasteiger partial charge < -0.3 is 14.1 Å². The minimum atomic E-state index is -0.195. The lowest BCUT2D eigenvalue weighted by molar-refractivity contribution is -0.140. The van der Waals surface area contributed by atoms with Crippen molar-refractivity contribution in [1.29, 1.82) is 0 Å². The minimum Gasteiger partial charge on any atom is -0.469 e. The number of hydrogen-bond acceptors (Lipinski definition) is 5. The number of carbonyl (C=O) groups is 2. The normalized spacial score (nSPS) is 12.9. The van der Waals surface area contributed by atoms with Gasteiger partial charge in [0.2, 0.25) is 11.8 Å². The molecule has 1 aliphatic heterocycles. The molecular weight excluding hydrogens is 320 g/mol. The van der Waals surface area contributed by atoms with E-state index in [9.17, 15) is 9.59 Å². The van der Waals surface area contributed by atoms with Crippen molar-refractivity contribution in [2.45, 2.75) is 38.5 Å². The Balaban J connectivity index is 1.57. The van der Waals surface area contributed by atoms with E-state index in [4.69, 9.17) is 4.42 Å². The second kappa shape index (κ2) is 7.96. The molecule has 1 amide bonds. The molecule has 0 N–H and O–H groups in total. The molecular formula is C19H22N2O4. The second-order valence-electron chi connectivity index (χ2n) is 6.11. The molecule has 1 aromatic heterocycles. The molecule has 1 aliphatic rings. The lowest BCUT2D eigenvalue weighted by Gasteiger charge is -2.17. The first-order valence-electron chi connectivity index (χ1n) is 8.59. The molecule has 0 saturated heterocycles. The SMILES string of the molecule is COC(=O)CCCCCC(=O)N1CCc2ccc(-c3ncco3)cc21. The van der Waals surface area contributed by atoms with Gasteiger partial charge in [0, 0.05) is 30.6 Å². The van der Waals surface area contributed by atoms with Crippen LogP contribution in [0, 0.1) is 0 Å². The summed E-state index contributed by atoms with van der Waals surface area (Å²) in [5, 5.41) is 0. The number of nitrogens with zero attached hydrogens (tertiary/aromatic N) is 2. The average Bonchev–Trinajstić information content (AvgIpc) is 3.30. The number of fused-ring (bicyclic) bond motifs is 1. The smallest absolute Gasteiger partial charge is 0.305 e. The van der Waals surface area contributed by atoms with Crippen LogP contribution < -0.4 is 4.90 Å². The van der Waals surface area contributed by atoms with E-state index in [0.717, 1.165) is 36.9 Å². The highest BCUT2D eigenvalue weighted by molar-refractivity contribution is 5.96. The highest BCUT2D eigenvalue weighted by atomic mass is 16.5. The van der Waals surface area contributed by atoms with Gasteiger partial charge in [-0.15, -0.1) is 0 Å². The van der Waals surface area contributed by atoms with Crippen LogP contribution >= 0.6 is 0 Å². The Labute approximate surface area is 146 Å². The Hall–Kier alpha value is -2.63. The van der Waals surface area contributed by atoms with Crippen LogP contribution in [0.25, 0.3) is 11.5 Å². The van der Waals surface area contributed by atoms with Gasteiger partial charge in [-0.3, -0.25) is 9.59 Å². The molecule has 0 radical (unpaired) electrons. The van der Waals surface area contributed by atoms with Crippen LogP contribution in [0.1, 0.15) is 37.7 Å². The summed E-state index contributed by atoms with van der Waals surface area (Å²) in [5.74, 6) is 0.491. The van der Waals surface area contributed by atoms with Crippen molar-refractivity contribution in [2.75, 3.05) is 18.6 Å². The summed E-state index contributed by atoms with van der Waals surface area (Å²) < 4.78 is 9.96. The number of hydrogen-bond donors (Lipinski definition) is 0. The highest BCUT2D eigenvalue weighted by Crippen LogP contribution is 2.33. The quantitative estimate of drug-likeness (QED) is 0.570. The van der Waals surface area contributed by atoms with Crippen molar-refractivity contribution in [1.82, 2.24) is 4.98 Å². The van der Waals surface area contributed by atoms with Crippen molar-refractivity contribution < 1.29 is 18.7 Å². The van der Waals surface area contributed by atoms with Gasteiger partial charge in [0.15, 0.2) is 0 Å². The molecule has 0 fully saturated rings. The minimum absolute atomic E-state index is 0.126. The molecule has 132 valence electrons. The van der Waals surface area contributed by atoms with Crippen molar-refractivity contribution in [2.24, 2.45) is 0 Å². The summed E-state index contributed by atoms with van der Waals surface area (Å²) in [6.45, 7) is 0.714. The van der Waals surface area contributed by atoms with E-state index < -0.39 is 0 Å². The number of ether oxygens (including phenoxy) is 1. The van der Waals surface area contributed by atoms with E-state index in [1.807, 2.05) is 23.1 Å². The Bertz CT molecular complexity index is 740. The van der Waals surface area contributed by atoms with Crippen LogP contribution in [0.15, 0.2) is 35.1 Å². The largest absolute Gasteiger partial charge is 0.469 e. The molecule has 0 spiro atoms. The number of amides is 1. The van der Waals surface area contributed by atoms with Crippen LogP contribution in [-0.2, 0) is 20.7 Å². The second-order valence-corrected chi connectivity index (χ2v) is 6.11. The Morgan fingerprint density at radius 2 is 2.08 bits per heavy atom. The number of esters is 1. The van der Waals surface area contributed by atoms with Gasteiger partial charge in [0.25, 0.3) is 0 Å². The van der Waals surface area contributed by atoms with Crippen molar-refractivity contribution in [3.63, 3.8) is 0 Å². The van der Waals surface area contributed by atoms with Gasteiger partial charge in [-0.25, -0.2) is 4.98 Å². The number of benzene rings is 1. The van der Waals surface area contributed by atoms with E-state index >= 15 is 0 Å². The number of methoxy groups -OCH3 is 1. The number of rotatable bonds is 7. The third-order valence-corrected chi connectivity index (χ3v) is 4.46. The van der Waals surface area contributed by atoms with Gasteiger partial charge in [-0.2, -0.15) is 0 Å². The molecule has 2 aromatic rings. The molecule has 6 nitrogen and oxygen atoms in total. The molecule has 25 heavy (non-hydrogen) atoms. The molecule has 1 aromatic carbocycles. The lowest BCUT2D eigenvalue weighted by Crippen LogP contribution is -2.28. The van der Waals surface area contributed by atoms with Crippen LogP contribution in [0.3, 0.4) is 0 Å². The standard InChI is InChI=1S/C19H22N2O4/c1-24-18(23)6-4-2-3-5-17(22)21-11-9-14-7-8-15(13-16(14)21)19-20-10-12-25-19/h7-8,10,12-13H,2-6,9,11H2,1H3. The summed E-state index contributed by atoms with van der Waals surface area (Å²) in [6.07, 6.45) is 7.30.